The third-order valence-electron chi connectivity index (χ3n) is 4.27. The molecule has 3 rings (SSSR count). The SMILES string of the molecule is CSCCCC(NC(=O)c1cc2ccccc2o1)Oc1ccc(C(N)=O)cc1O. The number of phenols is 1. The van der Waals surface area contributed by atoms with Crippen molar-refractivity contribution < 1.29 is 23.8 Å². The van der Waals surface area contributed by atoms with Crippen LogP contribution in [-0.2, 0) is 0 Å². The van der Waals surface area contributed by atoms with Crippen LogP contribution in [-0.4, -0.2) is 35.2 Å². The molecule has 0 saturated carbocycles. The lowest BCUT2D eigenvalue weighted by atomic mass is 10.2. The van der Waals surface area contributed by atoms with Crippen molar-refractivity contribution in [3.05, 3.63) is 59.9 Å². The van der Waals surface area contributed by atoms with Gasteiger partial charge >= 0.3 is 0 Å². The summed E-state index contributed by atoms with van der Waals surface area (Å²) in [5.41, 5.74) is 6.01. The Labute approximate surface area is 172 Å². The quantitative estimate of drug-likeness (QED) is 0.365. The van der Waals surface area contributed by atoms with E-state index in [-0.39, 0.29) is 22.8 Å². The number of benzene rings is 2. The van der Waals surface area contributed by atoms with Gasteiger partial charge in [-0.25, -0.2) is 0 Å². The third kappa shape index (κ3) is 5.23. The number of hydrogen-bond donors (Lipinski definition) is 3. The molecule has 1 unspecified atom stereocenters. The van der Waals surface area contributed by atoms with Crippen molar-refractivity contribution in [3.63, 3.8) is 0 Å². The molecule has 0 spiro atoms. The van der Waals surface area contributed by atoms with E-state index in [1.165, 1.54) is 18.2 Å². The molecule has 7 nitrogen and oxygen atoms in total. The molecule has 2 amide bonds. The van der Waals surface area contributed by atoms with Gasteiger partial charge in [-0.2, -0.15) is 11.8 Å². The summed E-state index contributed by atoms with van der Waals surface area (Å²) < 4.78 is 11.4. The fraction of sp³-hybridized carbons (Fsp3) is 0.238. The standard InChI is InChI=1S/C21H22N2O5S/c1-29-10-4-7-19(28-17-9-8-14(20(22)25)11-15(17)24)23-21(26)18-12-13-5-2-3-6-16(13)27-18/h2-3,5-6,8-9,11-12,19,24H,4,7,10H2,1H3,(H2,22,25)(H,23,26). The molecular formula is C21H22N2O5S. The summed E-state index contributed by atoms with van der Waals surface area (Å²) >= 11 is 1.69. The maximum absolute atomic E-state index is 12.7. The number of phenolic OH excluding ortho intramolecular Hbond substituents is 1. The Morgan fingerprint density at radius 1 is 1.24 bits per heavy atom. The van der Waals surface area contributed by atoms with Crippen LogP contribution < -0.4 is 15.8 Å². The highest BCUT2D eigenvalue weighted by molar-refractivity contribution is 7.98. The molecule has 29 heavy (non-hydrogen) atoms. The monoisotopic (exact) mass is 414 g/mol. The first-order valence-corrected chi connectivity index (χ1v) is 10.4. The molecule has 3 aromatic rings. The van der Waals surface area contributed by atoms with Crippen LogP contribution in [0.5, 0.6) is 11.5 Å². The van der Waals surface area contributed by atoms with Crippen LogP contribution in [0.15, 0.2) is 52.9 Å². The predicted molar refractivity (Wildman–Crippen MR) is 112 cm³/mol. The summed E-state index contributed by atoms with van der Waals surface area (Å²) in [6, 6.07) is 13.2. The molecule has 8 heteroatoms. The first-order chi connectivity index (χ1) is 14.0. The molecule has 0 bridgehead atoms. The number of ether oxygens (including phenoxy) is 1. The Hall–Kier alpha value is -3.13. The first kappa shape index (κ1) is 20.6. The van der Waals surface area contributed by atoms with E-state index in [0.717, 1.165) is 17.6 Å². The number of furan rings is 1. The molecule has 1 aromatic heterocycles. The van der Waals surface area contributed by atoms with Crippen LogP contribution in [0.2, 0.25) is 0 Å². The van der Waals surface area contributed by atoms with Gasteiger partial charge in [-0.05, 0) is 48.8 Å². The number of fused-ring (bicyclic) bond motifs is 1. The average molecular weight is 414 g/mol. The molecule has 4 N–H and O–H groups in total. The van der Waals surface area contributed by atoms with E-state index < -0.39 is 18.0 Å². The van der Waals surface area contributed by atoms with Gasteiger partial charge in [0.05, 0.1) is 0 Å². The van der Waals surface area contributed by atoms with E-state index in [0.29, 0.717) is 12.0 Å². The highest BCUT2D eigenvalue weighted by Crippen LogP contribution is 2.28. The van der Waals surface area contributed by atoms with Gasteiger partial charge in [0.2, 0.25) is 5.91 Å². The molecule has 1 atom stereocenters. The van der Waals surface area contributed by atoms with Gasteiger partial charge in [-0.3, -0.25) is 9.59 Å². The van der Waals surface area contributed by atoms with Crippen molar-refractivity contribution in [3.8, 4) is 11.5 Å². The van der Waals surface area contributed by atoms with Gasteiger partial charge in [0, 0.05) is 17.4 Å². The molecule has 0 aliphatic heterocycles. The number of amides is 2. The molecule has 0 aliphatic carbocycles. The number of rotatable bonds is 9. The van der Waals surface area contributed by atoms with E-state index in [1.54, 1.807) is 23.9 Å². The molecular weight excluding hydrogens is 392 g/mol. The second-order valence-corrected chi connectivity index (χ2v) is 7.40. The molecule has 0 saturated heterocycles. The van der Waals surface area contributed by atoms with Gasteiger partial charge in [0.1, 0.15) is 5.58 Å². The van der Waals surface area contributed by atoms with Crippen LogP contribution >= 0.6 is 11.8 Å². The van der Waals surface area contributed by atoms with Crippen molar-refractivity contribution >= 4 is 34.5 Å². The maximum Gasteiger partial charge on any atom is 0.289 e. The van der Waals surface area contributed by atoms with E-state index >= 15 is 0 Å². The number of thioether (sulfide) groups is 1. The number of nitrogens with one attached hydrogen (secondary N) is 1. The van der Waals surface area contributed by atoms with Gasteiger partial charge in [0.15, 0.2) is 23.5 Å². The molecule has 152 valence electrons. The summed E-state index contributed by atoms with van der Waals surface area (Å²) in [4.78, 5) is 23.9. The second-order valence-electron chi connectivity index (χ2n) is 6.41. The fourth-order valence-corrected chi connectivity index (χ4v) is 3.26. The Balaban J connectivity index is 1.75. The second kappa shape index (κ2) is 9.38. The van der Waals surface area contributed by atoms with Crippen LogP contribution in [0.1, 0.15) is 33.8 Å². The maximum atomic E-state index is 12.7. The van der Waals surface area contributed by atoms with Gasteiger partial charge in [-0.15, -0.1) is 0 Å². The van der Waals surface area contributed by atoms with E-state index in [9.17, 15) is 14.7 Å². The van der Waals surface area contributed by atoms with Gasteiger partial charge in [0.25, 0.3) is 5.91 Å². The van der Waals surface area contributed by atoms with Gasteiger partial charge in [-0.1, -0.05) is 18.2 Å². The van der Waals surface area contributed by atoms with E-state index in [2.05, 4.69) is 5.32 Å². The molecule has 0 fully saturated rings. The lowest BCUT2D eigenvalue weighted by Gasteiger charge is -2.20. The summed E-state index contributed by atoms with van der Waals surface area (Å²) in [7, 11) is 0. The summed E-state index contributed by atoms with van der Waals surface area (Å²) in [5, 5.41) is 13.8. The first-order valence-electron chi connectivity index (χ1n) is 9.06. The smallest absolute Gasteiger partial charge is 0.289 e. The highest BCUT2D eigenvalue weighted by atomic mass is 32.2. The lowest BCUT2D eigenvalue weighted by molar-refractivity contribution is 0.0783. The number of aromatic hydroxyl groups is 1. The average Bonchev–Trinajstić information content (AvgIpc) is 3.14. The van der Waals surface area contributed by atoms with E-state index in [1.807, 2.05) is 24.5 Å². The number of primary amides is 1. The van der Waals surface area contributed by atoms with Crippen molar-refractivity contribution in [2.75, 3.05) is 12.0 Å². The van der Waals surface area contributed by atoms with Crippen LogP contribution in [0.25, 0.3) is 11.0 Å². The third-order valence-corrected chi connectivity index (χ3v) is 4.97. The van der Waals surface area contributed by atoms with Crippen LogP contribution in [0.4, 0.5) is 0 Å². The topological polar surface area (TPSA) is 115 Å². The minimum absolute atomic E-state index is 0.147. The largest absolute Gasteiger partial charge is 0.504 e. The fourth-order valence-electron chi connectivity index (χ4n) is 2.81. The number of carbonyl (C=O) groups excluding carboxylic acids is 2. The minimum Gasteiger partial charge on any atom is -0.504 e. The predicted octanol–water partition coefficient (Wildman–Crippen LogP) is 3.52. The van der Waals surface area contributed by atoms with Crippen molar-refractivity contribution in [1.82, 2.24) is 5.32 Å². The summed E-state index contributed by atoms with van der Waals surface area (Å²) in [6.45, 7) is 0. The lowest BCUT2D eigenvalue weighted by Crippen LogP contribution is -2.39. The zero-order valence-corrected chi connectivity index (χ0v) is 16.7. The minimum atomic E-state index is -0.687. The van der Waals surface area contributed by atoms with Crippen molar-refractivity contribution in [2.24, 2.45) is 5.73 Å². The molecule has 1 heterocycles. The number of carbonyl (C=O) groups is 2. The zero-order chi connectivity index (χ0) is 20.8. The Kier molecular flexibility index (Phi) is 6.66. The van der Waals surface area contributed by atoms with Crippen LogP contribution in [0.3, 0.4) is 0 Å². The molecule has 2 aromatic carbocycles. The number of hydrogen-bond acceptors (Lipinski definition) is 6. The van der Waals surface area contributed by atoms with Crippen molar-refractivity contribution in [1.29, 1.82) is 0 Å². The normalized spacial score (nSPS) is 11.9. The molecule has 0 aliphatic rings. The Bertz CT molecular complexity index is 984. The summed E-state index contributed by atoms with van der Waals surface area (Å²) in [6.07, 6.45) is 2.64. The van der Waals surface area contributed by atoms with Gasteiger partial charge < -0.3 is 25.3 Å². The zero-order valence-electron chi connectivity index (χ0n) is 15.9. The Morgan fingerprint density at radius 3 is 2.72 bits per heavy atom. The number of para-hydroxylation sites is 1. The van der Waals surface area contributed by atoms with E-state index in [4.69, 9.17) is 14.9 Å². The van der Waals surface area contributed by atoms with Crippen LogP contribution in [0, 0.1) is 0 Å². The van der Waals surface area contributed by atoms with Crippen molar-refractivity contribution in [2.45, 2.75) is 19.1 Å². The summed E-state index contributed by atoms with van der Waals surface area (Å²) in [5.74, 6) is -0.0706. The highest BCUT2D eigenvalue weighted by Gasteiger charge is 2.20. The number of nitrogens with two attached hydrogens (primary N) is 1. The Morgan fingerprint density at radius 2 is 2.03 bits per heavy atom. The molecule has 0 radical (unpaired) electrons.